The van der Waals surface area contributed by atoms with Crippen LogP contribution in [0.3, 0.4) is 0 Å². The topological polar surface area (TPSA) is 44.8 Å². The fourth-order valence-electron chi connectivity index (χ4n) is 5.24. The van der Waals surface area contributed by atoms with Crippen LogP contribution >= 0.6 is 0 Å². The zero-order valence-electron chi connectivity index (χ0n) is 17.6. The number of carbonyl (C=O) groups excluding carboxylic acids is 1. The van der Waals surface area contributed by atoms with Gasteiger partial charge in [0.2, 0.25) is 5.91 Å². The van der Waals surface area contributed by atoms with Crippen molar-refractivity contribution in [3.8, 4) is 5.75 Å². The SMILES string of the molecule is O=C(CN1CCOc2ccccc2C1)N[C@H]1CCCN(C2Cc3ccccc3C2)C1. The Morgan fingerprint density at radius 1 is 1.00 bits per heavy atom. The number of rotatable bonds is 4. The Morgan fingerprint density at radius 2 is 1.73 bits per heavy atom. The summed E-state index contributed by atoms with van der Waals surface area (Å²) in [5.41, 5.74) is 4.15. The monoisotopic (exact) mass is 405 g/mol. The summed E-state index contributed by atoms with van der Waals surface area (Å²) < 4.78 is 5.83. The van der Waals surface area contributed by atoms with Crippen LogP contribution in [0.5, 0.6) is 5.75 Å². The van der Waals surface area contributed by atoms with Crippen LogP contribution in [0.1, 0.15) is 29.5 Å². The molecule has 0 radical (unpaired) electrons. The van der Waals surface area contributed by atoms with Gasteiger partial charge in [0, 0.05) is 37.3 Å². The molecule has 0 spiro atoms. The summed E-state index contributed by atoms with van der Waals surface area (Å²) >= 11 is 0. The van der Waals surface area contributed by atoms with Crippen LogP contribution in [0.2, 0.25) is 0 Å². The van der Waals surface area contributed by atoms with E-state index < -0.39 is 0 Å². The third-order valence-corrected chi connectivity index (χ3v) is 6.76. The van der Waals surface area contributed by atoms with Gasteiger partial charge in [-0.05, 0) is 49.4 Å². The van der Waals surface area contributed by atoms with Crippen molar-refractivity contribution in [1.29, 1.82) is 0 Å². The molecule has 5 rings (SSSR count). The Bertz CT molecular complexity index is 874. The van der Waals surface area contributed by atoms with Gasteiger partial charge in [0.25, 0.3) is 0 Å². The lowest BCUT2D eigenvalue weighted by molar-refractivity contribution is -0.123. The molecule has 1 saturated heterocycles. The molecular weight excluding hydrogens is 374 g/mol. The van der Waals surface area contributed by atoms with Crippen LogP contribution in [0.4, 0.5) is 0 Å². The van der Waals surface area contributed by atoms with Gasteiger partial charge >= 0.3 is 0 Å². The van der Waals surface area contributed by atoms with Gasteiger partial charge in [0.1, 0.15) is 12.4 Å². The van der Waals surface area contributed by atoms with Gasteiger partial charge in [0.05, 0.1) is 6.54 Å². The molecule has 2 aliphatic heterocycles. The van der Waals surface area contributed by atoms with E-state index in [1.165, 1.54) is 11.1 Å². The van der Waals surface area contributed by atoms with Crippen molar-refractivity contribution in [3.63, 3.8) is 0 Å². The highest BCUT2D eigenvalue weighted by Crippen LogP contribution is 2.27. The second kappa shape index (κ2) is 8.78. The van der Waals surface area contributed by atoms with Crippen LogP contribution in [-0.2, 0) is 24.2 Å². The van der Waals surface area contributed by atoms with Gasteiger partial charge in [-0.1, -0.05) is 42.5 Å². The summed E-state index contributed by atoms with van der Waals surface area (Å²) in [5.74, 6) is 1.08. The van der Waals surface area contributed by atoms with E-state index in [1.54, 1.807) is 0 Å². The minimum absolute atomic E-state index is 0.135. The number of para-hydroxylation sites is 1. The molecule has 3 aliphatic rings. The summed E-state index contributed by atoms with van der Waals surface area (Å²) in [7, 11) is 0. The maximum absolute atomic E-state index is 12.8. The molecule has 1 fully saturated rings. The van der Waals surface area contributed by atoms with E-state index in [0.29, 0.717) is 19.2 Å². The predicted octanol–water partition coefficient (Wildman–Crippen LogP) is 2.63. The van der Waals surface area contributed by atoms with Crippen molar-refractivity contribution in [3.05, 3.63) is 65.2 Å². The van der Waals surface area contributed by atoms with Gasteiger partial charge in [-0.2, -0.15) is 0 Å². The molecule has 2 aromatic carbocycles. The summed E-state index contributed by atoms with van der Waals surface area (Å²) in [4.78, 5) is 17.6. The molecule has 0 aromatic heterocycles. The van der Waals surface area contributed by atoms with Crippen LogP contribution in [-0.4, -0.2) is 60.6 Å². The third kappa shape index (κ3) is 4.37. The highest BCUT2D eigenvalue weighted by atomic mass is 16.5. The summed E-state index contributed by atoms with van der Waals surface area (Å²) in [6.45, 7) is 4.72. The van der Waals surface area contributed by atoms with E-state index >= 15 is 0 Å². The van der Waals surface area contributed by atoms with Gasteiger partial charge < -0.3 is 10.1 Å². The largest absolute Gasteiger partial charge is 0.492 e. The number of hydrogen-bond donors (Lipinski definition) is 1. The van der Waals surface area contributed by atoms with E-state index in [4.69, 9.17) is 4.74 Å². The quantitative estimate of drug-likeness (QED) is 0.849. The second-order valence-electron chi connectivity index (χ2n) is 8.90. The van der Waals surface area contributed by atoms with Gasteiger partial charge in [-0.25, -0.2) is 0 Å². The lowest BCUT2D eigenvalue weighted by Gasteiger charge is -2.37. The van der Waals surface area contributed by atoms with Crippen molar-refractivity contribution >= 4 is 5.91 Å². The number of ether oxygens (including phenoxy) is 1. The summed E-state index contributed by atoms with van der Waals surface area (Å²) in [5, 5.41) is 3.32. The summed E-state index contributed by atoms with van der Waals surface area (Å²) in [6, 6.07) is 17.8. The van der Waals surface area contributed by atoms with Gasteiger partial charge in [-0.3, -0.25) is 14.6 Å². The number of carbonyl (C=O) groups is 1. The molecule has 5 nitrogen and oxygen atoms in total. The van der Waals surface area contributed by atoms with E-state index in [2.05, 4.69) is 45.4 Å². The molecule has 1 amide bonds. The molecule has 2 heterocycles. The highest BCUT2D eigenvalue weighted by Gasteiger charge is 2.31. The molecule has 1 aliphatic carbocycles. The molecule has 0 saturated carbocycles. The Hall–Kier alpha value is -2.37. The lowest BCUT2D eigenvalue weighted by Crippen LogP contribution is -2.52. The Balaban J connectivity index is 1.14. The Kier molecular flexibility index (Phi) is 5.73. The van der Waals surface area contributed by atoms with Crippen molar-refractivity contribution in [1.82, 2.24) is 15.1 Å². The average Bonchev–Trinajstić information content (AvgIpc) is 3.09. The maximum Gasteiger partial charge on any atom is 0.234 e. The fourth-order valence-corrected chi connectivity index (χ4v) is 5.24. The van der Waals surface area contributed by atoms with Gasteiger partial charge in [-0.15, -0.1) is 0 Å². The van der Waals surface area contributed by atoms with E-state index in [1.807, 2.05) is 18.2 Å². The number of fused-ring (bicyclic) bond motifs is 2. The first kappa shape index (κ1) is 19.6. The molecule has 158 valence electrons. The number of amides is 1. The number of hydrogen-bond acceptors (Lipinski definition) is 4. The molecule has 30 heavy (non-hydrogen) atoms. The van der Waals surface area contributed by atoms with Crippen LogP contribution in [0.15, 0.2) is 48.5 Å². The predicted molar refractivity (Wildman–Crippen MR) is 118 cm³/mol. The normalized spacial score (nSPS) is 22.6. The first-order valence-electron chi connectivity index (χ1n) is 11.3. The minimum Gasteiger partial charge on any atom is -0.492 e. The van der Waals surface area contributed by atoms with E-state index in [9.17, 15) is 4.79 Å². The molecular formula is C25H31N3O2. The minimum atomic E-state index is 0.135. The summed E-state index contributed by atoms with van der Waals surface area (Å²) in [6.07, 6.45) is 4.52. The van der Waals surface area contributed by atoms with Crippen LogP contribution < -0.4 is 10.1 Å². The first-order chi connectivity index (χ1) is 14.7. The number of likely N-dealkylation sites (tertiary alicyclic amines) is 1. The maximum atomic E-state index is 12.8. The molecule has 0 unspecified atom stereocenters. The lowest BCUT2D eigenvalue weighted by atomic mass is 10.0. The molecule has 2 aromatic rings. The standard InChI is InChI=1S/C25H31N3O2/c29-25(18-27-12-13-30-24-10-4-3-8-21(24)16-27)26-22-9-5-11-28(17-22)23-14-19-6-1-2-7-20(19)15-23/h1-4,6-8,10,22-23H,5,9,11-18H2,(H,26,29)/t22-/m0/s1. The third-order valence-electron chi connectivity index (χ3n) is 6.76. The fraction of sp³-hybridized carbons (Fsp3) is 0.480. The van der Waals surface area contributed by atoms with Gasteiger partial charge in [0.15, 0.2) is 0 Å². The molecule has 1 atom stereocenters. The van der Waals surface area contributed by atoms with Crippen molar-refractivity contribution in [2.24, 2.45) is 0 Å². The number of piperidine rings is 1. The first-order valence-corrected chi connectivity index (χ1v) is 11.3. The Morgan fingerprint density at radius 3 is 2.53 bits per heavy atom. The molecule has 5 heteroatoms. The highest BCUT2D eigenvalue weighted by molar-refractivity contribution is 5.78. The van der Waals surface area contributed by atoms with Crippen LogP contribution in [0.25, 0.3) is 0 Å². The van der Waals surface area contributed by atoms with Crippen molar-refractivity contribution < 1.29 is 9.53 Å². The number of benzene rings is 2. The Labute approximate surface area is 179 Å². The smallest absolute Gasteiger partial charge is 0.234 e. The zero-order chi connectivity index (χ0) is 20.3. The van der Waals surface area contributed by atoms with E-state index in [0.717, 1.165) is 63.2 Å². The second-order valence-corrected chi connectivity index (χ2v) is 8.90. The zero-order valence-corrected chi connectivity index (χ0v) is 17.6. The molecule has 1 N–H and O–H groups in total. The molecule has 0 bridgehead atoms. The van der Waals surface area contributed by atoms with Crippen LogP contribution in [0, 0.1) is 0 Å². The number of nitrogens with zero attached hydrogens (tertiary/aromatic N) is 2. The van der Waals surface area contributed by atoms with Crippen molar-refractivity contribution in [2.75, 3.05) is 32.8 Å². The van der Waals surface area contributed by atoms with E-state index in [-0.39, 0.29) is 11.9 Å². The van der Waals surface area contributed by atoms with Crippen molar-refractivity contribution in [2.45, 2.75) is 44.3 Å². The average molecular weight is 406 g/mol. The number of nitrogens with one attached hydrogen (secondary N) is 1.